The second kappa shape index (κ2) is 24.1. The maximum absolute atomic E-state index is 13.9. The lowest BCUT2D eigenvalue weighted by Crippen LogP contribution is -2.22. The van der Waals surface area contributed by atoms with Crippen molar-refractivity contribution in [1.82, 2.24) is 0 Å². The van der Waals surface area contributed by atoms with Gasteiger partial charge in [0.25, 0.3) is 0 Å². The van der Waals surface area contributed by atoms with Crippen LogP contribution in [-0.2, 0) is 37.1 Å². The van der Waals surface area contributed by atoms with Gasteiger partial charge in [-0.05, 0) is 214 Å². The standard InChI is InChI=1S/C66H39F18P3/c67-61(68,69)46-10-22-52(23-11-46)85(53-24-12-47(13-25-53)62(70,71)72)58-7-1-4-40(37-58)43-34-44(41-5-2-8-59(38-41)86(54-26-14-48(15-27-54)63(73,74)75)55-28-16-49(17-29-55)64(76,77)78)36-45(35-43)42-6-3-9-60(39-42)87(56-30-18-50(19-31-56)65(79,80)81)57-32-20-51(21-33-57)66(82,83)84/h1-39H. The van der Waals surface area contributed by atoms with E-state index in [1.807, 2.05) is 0 Å². The second-order valence-electron chi connectivity index (χ2n) is 19.7. The van der Waals surface area contributed by atoms with Crippen molar-refractivity contribution in [2.24, 2.45) is 0 Å². The first-order valence-corrected chi connectivity index (χ1v) is 29.8. The molecule has 87 heavy (non-hydrogen) atoms. The molecule has 0 N–H and O–H groups in total. The molecule has 0 radical (unpaired) electrons. The number of alkyl halides is 18. The van der Waals surface area contributed by atoms with Gasteiger partial charge in [0.1, 0.15) is 0 Å². The van der Waals surface area contributed by atoms with Crippen LogP contribution in [0.3, 0.4) is 0 Å². The lowest BCUT2D eigenvalue weighted by molar-refractivity contribution is -0.138. The molecule has 0 aromatic heterocycles. The number of rotatable bonds is 12. The van der Waals surface area contributed by atoms with Gasteiger partial charge in [0.15, 0.2) is 0 Å². The summed E-state index contributed by atoms with van der Waals surface area (Å²) in [7, 11) is -5.64. The quantitative estimate of drug-likeness (QED) is 0.0845. The van der Waals surface area contributed by atoms with E-state index >= 15 is 0 Å². The lowest BCUT2D eigenvalue weighted by Gasteiger charge is -2.22. The highest BCUT2D eigenvalue weighted by atomic mass is 31.1. The lowest BCUT2D eigenvalue weighted by atomic mass is 9.93. The third-order valence-corrected chi connectivity index (χ3v) is 21.2. The molecular formula is C66H39F18P3. The summed E-state index contributed by atoms with van der Waals surface area (Å²) in [6.45, 7) is 0. The Morgan fingerprint density at radius 1 is 0.161 bits per heavy atom. The second-order valence-corrected chi connectivity index (χ2v) is 26.4. The van der Waals surface area contributed by atoms with Crippen molar-refractivity contribution in [2.45, 2.75) is 37.1 Å². The molecule has 0 heterocycles. The summed E-state index contributed by atoms with van der Waals surface area (Å²) in [5.74, 6) is 0. The van der Waals surface area contributed by atoms with Crippen molar-refractivity contribution < 1.29 is 79.0 Å². The fourth-order valence-electron chi connectivity index (χ4n) is 9.74. The van der Waals surface area contributed by atoms with Crippen molar-refractivity contribution in [3.05, 3.63) is 270 Å². The van der Waals surface area contributed by atoms with Crippen molar-refractivity contribution in [1.29, 1.82) is 0 Å². The monoisotopic (exact) mass is 1270 g/mol. The summed E-state index contributed by atoms with van der Waals surface area (Å²) in [6, 6.07) is 51.3. The molecule has 0 aliphatic rings. The highest BCUT2D eigenvalue weighted by Crippen LogP contribution is 2.43. The van der Waals surface area contributed by atoms with E-state index in [2.05, 4.69) is 0 Å². The van der Waals surface area contributed by atoms with Crippen LogP contribution >= 0.6 is 23.8 Å². The molecule has 0 unspecified atom stereocenters. The van der Waals surface area contributed by atoms with Gasteiger partial charge in [-0.3, -0.25) is 0 Å². The third kappa shape index (κ3) is 14.3. The van der Waals surface area contributed by atoms with E-state index in [0.717, 1.165) is 72.8 Å². The molecule has 0 nitrogen and oxygen atoms in total. The number of hydrogen-bond acceptors (Lipinski definition) is 0. The third-order valence-electron chi connectivity index (χ3n) is 14.0. The van der Waals surface area contributed by atoms with Gasteiger partial charge in [-0.25, -0.2) is 0 Å². The minimum Gasteiger partial charge on any atom is -0.166 e. The maximum atomic E-state index is 13.9. The molecule has 21 heteroatoms. The zero-order valence-corrected chi connectivity index (χ0v) is 46.8. The molecule has 0 saturated carbocycles. The van der Waals surface area contributed by atoms with Gasteiger partial charge in [0, 0.05) is 0 Å². The molecule has 10 rings (SSSR count). The highest BCUT2D eigenvalue weighted by molar-refractivity contribution is 7.80. The molecule has 10 aromatic rings. The van der Waals surface area contributed by atoms with Gasteiger partial charge >= 0.3 is 37.1 Å². The highest BCUT2D eigenvalue weighted by Gasteiger charge is 2.36. The van der Waals surface area contributed by atoms with Crippen LogP contribution in [0.2, 0.25) is 0 Å². The van der Waals surface area contributed by atoms with E-state index in [9.17, 15) is 79.0 Å². The Kier molecular flexibility index (Phi) is 17.2. The first kappa shape index (κ1) is 62.3. The van der Waals surface area contributed by atoms with Crippen molar-refractivity contribution in [3.63, 3.8) is 0 Å². The summed E-state index contributed by atoms with van der Waals surface area (Å²) in [5.41, 5.74) is -2.85. The van der Waals surface area contributed by atoms with Gasteiger partial charge < -0.3 is 0 Å². The smallest absolute Gasteiger partial charge is 0.166 e. The van der Waals surface area contributed by atoms with Gasteiger partial charge in [-0.1, -0.05) is 127 Å². The van der Waals surface area contributed by atoms with Crippen LogP contribution in [0.4, 0.5) is 79.0 Å². The number of halogens is 18. The molecule has 0 fully saturated rings. The molecule has 0 aliphatic heterocycles. The summed E-state index contributed by atoms with van der Waals surface area (Å²) < 4.78 is 250. The topological polar surface area (TPSA) is 0 Å². The molecule has 444 valence electrons. The molecule has 0 bridgehead atoms. The van der Waals surface area contributed by atoms with Gasteiger partial charge in [-0.15, -0.1) is 0 Å². The van der Waals surface area contributed by atoms with Crippen LogP contribution in [0.5, 0.6) is 0 Å². The van der Waals surface area contributed by atoms with E-state index < -0.39 is 94.2 Å². The Morgan fingerprint density at radius 3 is 0.471 bits per heavy atom. The molecule has 10 aromatic carbocycles. The largest absolute Gasteiger partial charge is 0.416 e. The summed E-state index contributed by atoms with van der Waals surface area (Å²) in [6.07, 6.45) is -28.3. The Labute approximate surface area is 489 Å². The summed E-state index contributed by atoms with van der Waals surface area (Å²) in [4.78, 5) is 0. The van der Waals surface area contributed by atoms with E-state index in [1.165, 1.54) is 72.8 Å². The molecule has 0 amide bonds. The fraction of sp³-hybridized carbons (Fsp3) is 0.0909. The van der Waals surface area contributed by atoms with Crippen molar-refractivity contribution >= 4 is 71.5 Å². The van der Waals surface area contributed by atoms with Gasteiger partial charge in [0.05, 0.1) is 33.4 Å². The average molecular weight is 1270 g/mol. The van der Waals surface area contributed by atoms with E-state index in [1.54, 1.807) is 91.0 Å². The number of benzene rings is 10. The SMILES string of the molecule is FC(F)(F)c1ccc(P(c2ccc(C(F)(F)F)cc2)c2cccc(-c3cc(-c4cccc(P(c5ccc(C(F)(F)F)cc5)c5ccc(C(F)(F)F)cc5)c4)cc(-c4cccc(P(c5ccc(C(F)(F)F)cc5)c5ccc(C(F)(F)F)cc5)c4)c3)c2)cc1. The zero-order valence-electron chi connectivity index (χ0n) is 44.2. The fourth-order valence-corrected chi connectivity index (χ4v) is 16.6. The first-order valence-electron chi connectivity index (χ1n) is 25.8. The number of hydrogen-bond donors (Lipinski definition) is 0. The Balaban J connectivity index is 1.16. The average Bonchev–Trinajstić information content (AvgIpc) is 1.16. The van der Waals surface area contributed by atoms with Crippen LogP contribution < -0.4 is 47.7 Å². The maximum Gasteiger partial charge on any atom is 0.416 e. The minimum absolute atomic E-state index is 0.355. The first-order chi connectivity index (χ1) is 40.9. The van der Waals surface area contributed by atoms with Gasteiger partial charge in [-0.2, -0.15) is 79.0 Å². The molecular weight excluding hydrogens is 1230 g/mol. The summed E-state index contributed by atoms with van der Waals surface area (Å²) >= 11 is 0. The van der Waals surface area contributed by atoms with E-state index in [0.29, 0.717) is 81.1 Å². The predicted molar refractivity (Wildman–Crippen MR) is 309 cm³/mol. The van der Waals surface area contributed by atoms with Crippen LogP contribution in [0, 0.1) is 0 Å². The van der Waals surface area contributed by atoms with Crippen LogP contribution in [0.25, 0.3) is 33.4 Å². The molecule has 0 spiro atoms. The van der Waals surface area contributed by atoms with Gasteiger partial charge in [0.2, 0.25) is 0 Å². The van der Waals surface area contributed by atoms with Crippen molar-refractivity contribution in [2.75, 3.05) is 0 Å². The Hall–Kier alpha value is -7.77. The molecule has 0 atom stereocenters. The molecule has 0 saturated heterocycles. The minimum atomic E-state index is -4.71. The van der Waals surface area contributed by atoms with Crippen LogP contribution in [-0.4, -0.2) is 0 Å². The summed E-state index contributed by atoms with van der Waals surface area (Å²) in [5, 5.41) is 3.62. The predicted octanol–water partition coefficient (Wildman–Crippen LogP) is 18.1. The van der Waals surface area contributed by atoms with Crippen LogP contribution in [0.1, 0.15) is 33.4 Å². The van der Waals surface area contributed by atoms with Crippen molar-refractivity contribution in [3.8, 4) is 33.4 Å². The van der Waals surface area contributed by atoms with Crippen LogP contribution in [0.15, 0.2) is 237 Å². The van der Waals surface area contributed by atoms with E-state index in [-0.39, 0.29) is 0 Å². The molecule has 0 aliphatic carbocycles. The van der Waals surface area contributed by atoms with E-state index in [4.69, 9.17) is 0 Å². The Morgan fingerprint density at radius 2 is 0.322 bits per heavy atom. The normalized spacial score (nSPS) is 12.8. The Bertz CT molecular complexity index is 3430. The zero-order chi connectivity index (χ0) is 62.4.